The van der Waals surface area contributed by atoms with Gasteiger partial charge in [-0.1, -0.05) is 90.5 Å². The highest BCUT2D eigenvalue weighted by atomic mass is 35.5. The molecule has 0 saturated carbocycles. The maximum atomic E-state index is 13.1. The zero-order valence-corrected chi connectivity index (χ0v) is 17.3. The minimum Gasteiger partial charge on any atom is -0.462 e. The van der Waals surface area contributed by atoms with E-state index in [0.717, 1.165) is 22.4 Å². The van der Waals surface area contributed by atoms with Gasteiger partial charge >= 0.3 is 5.97 Å². The largest absolute Gasteiger partial charge is 0.462 e. The predicted octanol–water partition coefficient (Wildman–Crippen LogP) is 6.91. The standard InChI is InChI=1S/C26H20ClNO2/c1-2-30-26(29)24-21(18-11-5-3-6-12-18)17-23(19-13-7-4-8-14-19)28-25(24)20-15-9-10-16-22(20)27/h3-17H,2H2,1H3. The number of hydrogen-bond donors (Lipinski definition) is 0. The van der Waals surface area contributed by atoms with Crippen molar-refractivity contribution in [3.05, 3.63) is 102 Å². The van der Waals surface area contributed by atoms with Crippen LogP contribution < -0.4 is 0 Å². The summed E-state index contributed by atoms with van der Waals surface area (Å²) < 4.78 is 5.42. The lowest BCUT2D eigenvalue weighted by atomic mass is 9.93. The SMILES string of the molecule is CCOC(=O)c1c(-c2ccccc2)cc(-c2ccccc2)nc1-c1ccccc1Cl. The lowest BCUT2D eigenvalue weighted by molar-refractivity contribution is 0.0528. The second-order valence-electron chi connectivity index (χ2n) is 6.71. The van der Waals surface area contributed by atoms with E-state index in [1.54, 1.807) is 13.0 Å². The third-order valence-electron chi connectivity index (χ3n) is 4.78. The summed E-state index contributed by atoms with van der Waals surface area (Å²) >= 11 is 6.52. The van der Waals surface area contributed by atoms with Crippen molar-refractivity contribution in [3.8, 4) is 33.6 Å². The Morgan fingerprint density at radius 1 is 0.833 bits per heavy atom. The summed E-state index contributed by atoms with van der Waals surface area (Å²) in [5, 5.41) is 0.528. The number of benzene rings is 3. The molecular formula is C26H20ClNO2. The molecule has 4 rings (SSSR count). The number of halogens is 1. The molecule has 148 valence electrons. The molecule has 0 atom stereocenters. The third-order valence-corrected chi connectivity index (χ3v) is 5.11. The fraction of sp³-hybridized carbons (Fsp3) is 0.0769. The van der Waals surface area contributed by atoms with Crippen LogP contribution in [-0.2, 0) is 4.74 Å². The molecule has 0 N–H and O–H groups in total. The molecule has 0 spiro atoms. The van der Waals surface area contributed by atoms with Gasteiger partial charge in [0.2, 0.25) is 0 Å². The van der Waals surface area contributed by atoms with Crippen LogP contribution in [0.3, 0.4) is 0 Å². The molecule has 1 heterocycles. The van der Waals surface area contributed by atoms with Gasteiger partial charge in [0, 0.05) is 21.7 Å². The van der Waals surface area contributed by atoms with Crippen LogP contribution >= 0.6 is 11.6 Å². The molecule has 0 saturated heterocycles. The maximum absolute atomic E-state index is 13.1. The van der Waals surface area contributed by atoms with Crippen LogP contribution in [0.5, 0.6) is 0 Å². The summed E-state index contributed by atoms with van der Waals surface area (Å²) in [5.74, 6) is -0.418. The molecule has 0 aliphatic carbocycles. The van der Waals surface area contributed by atoms with Crippen LogP contribution in [0.1, 0.15) is 17.3 Å². The van der Waals surface area contributed by atoms with Crippen LogP contribution in [0.4, 0.5) is 0 Å². The van der Waals surface area contributed by atoms with Crippen molar-refractivity contribution in [2.45, 2.75) is 6.92 Å². The number of pyridine rings is 1. The van der Waals surface area contributed by atoms with Crippen LogP contribution in [0.25, 0.3) is 33.6 Å². The number of esters is 1. The third kappa shape index (κ3) is 3.98. The molecule has 30 heavy (non-hydrogen) atoms. The first kappa shape index (κ1) is 19.9. The Labute approximate surface area is 180 Å². The normalized spacial score (nSPS) is 10.6. The number of rotatable bonds is 5. The summed E-state index contributed by atoms with van der Waals surface area (Å²) in [6.45, 7) is 2.07. The van der Waals surface area contributed by atoms with E-state index in [0.29, 0.717) is 21.8 Å². The Bertz CT molecular complexity index is 1170. The minimum absolute atomic E-state index is 0.273. The van der Waals surface area contributed by atoms with Crippen molar-refractivity contribution >= 4 is 17.6 Å². The molecule has 3 aromatic carbocycles. The van der Waals surface area contributed by atoms with E-state index in [2.05, 4.69) is 0 Å². The Balaban J connectivity index is 2.08. The van der Waals surface area contributed by atoms with E-state index in [1.165, 1.54) is 0 Å². The maximum Gasteiger partial charge on any atom is 0.340 e. The van der Waals surface area contributed by atoms with Gasteiger partial charge < -0.3 is 4.74 Å². The molecule has 0 unspecified atom stereocenters. The molecule has 4 aromatic rings. The first-order valence-corrected chi connectivity index (χ1v) is 10.1. The highest BCUT2D eigenvalue weighted by molar-refractivity contribution is 6.33. The van der Waals surface area contributed by atoms with Gasteiger partial charge in [-0.2, -0.15) is 0 Å². The molecule has 0 bridgehead atoms. The second-order valence-corrected chi connectivity index (χ2v) is 7.12. The topological polar surface area (TPSA) is 39.2 Å². The van der Waals surface area contributed by atoms with Crippen LogP contribution in [0.15, 0.2) is 91.0 Å². The van der Waals surface area contributed by atoms with E-state index < -0.39 is 5.97 Å². The lowest BCUT2D eigenvalue weighted by Crippen LogP contribution is -2.11. The molecule has 0 radical (unpaired) electrons. The summed E-state index contributed by atoms with van der Waals surface area (Å²) in [6.07, 6.45) is 0. The first-order valence-electron chi connectivity index (χ1n) is 9.77. The molecule has 0 fully saturated rings. The van der Waals surface area contributed by atoms with Gasteiger partial charge in [-0.25, -0.2) is 9.78 Å². The Morgan fingerprint density at radius 3 is 2.07 bits per heavy atom. The molecule has 3 nitrogen and oxygen atoms in total. The van der Waals surface area contributed by atoms with Crippen LogP contribution in [0.2, 0.25) is 5.02 Å². The van der Waals surface area contributed by atoms with Crippen molar-refractivity contribution < 1.29 is 9.53 Å². The number of aromatic nitrogens is 1. The predicted molar refractivity (Wildman–Crippen MR) is 122 cm³/mol. The fourth-order valence-electron chi connectivity index (χ4n) is 3.41. The van der Waals surface area contributed by atoms with Gasteiger partial charge in [-0.05, 0) is 24.6 Å². The zero-order chi connectivity index (χ0) is 20.9. The summed E-state index contributed by atoms with van der Waals surface area (Å²) in [7, 11) is 0. The minimum atomic E-state index is -0.418. The Hall–Kier alpha value is -3.43. The summed E-state index contributed by atoms with van der Waals surface area (Å²) in [5.41, 5.74) is 5.01. The highest BCUT2D eigenvalue weighted by Gasteiger charge is 2.24. The molecule has 0 aliphatic heterocycles. The van der Waals surface area contributed by atoms with Gasteiger partial charge in [0.25, 0.3) is 0 Å². The van der Waals surface area contributed by atoms with Gasteiger partial charge in [-0.15, -0.1) is 0 Å². The van der Waals surface area contributed by atoms with Gasteiger partial charge in [0.05, 0.1) is 23.6 Å². The first-order chi connectivity index (χ1) is 14.7. The number of carbonyl (C=O) groups excluding carboxylic acids is 1. The lowest BCUT2D eigenvalue weighted by Gasteiger charge is -2.17. The van der Waals surface area contributed by atoms with E-state index in [9.17, 15) is 4.79 Å². The second kappa shape index (κ2) is 8.93. The molecule has 4 heteroatoms. The zero-order valence-electron chi connectivity index (χ0n) is 16.5. The number of hydrogen-bond acceptors (Lipinski definition) is 3. The highest BCUT2D eigenvalue weighted by Crippen LogP contribution is 2.37. The number of ether oxygens (including phenoxy) is 1. The Morgan fingerprint density at radius 2 is 1.43 bits per heavy atom. The van der Waals surface area contributed by atoms with Crippen molar-refractivity contribution in [1.82, 2.24) is 4.98 Å². The van der Waals surface area contributed by atoms with Crippen molar-refractivity contribution in [2.75, 3.05) is 6.61 Å². The monoisotopic (exact) mass is 413 g/mol. The van der Waals surface area contributed by atoms with Crippen molar-refractivity contribution in [3.63, 3.8) is 0 Å². The smallest absolute Gasteiger partial charge is 0.340 e. The van der Waals surface area contributed by atoms with Crippen LogP contribution in [0, 0.1) is 0 Å². The van der Waals surface area contributed by atoms with Gasteiger partial charge in [0.1, 0.15) is 0 Å². The quantitative estimate of drug-likeness (QED) is 0.333. The molecule has 0 aliphatic rings. The van der Waals surface area contributed by atoms with E-state index in [-0.39, 0.29) is 6.61 Å². The Kier molecular flexibility index (Phi) is 5.92. The summed E-state index contributed by atoms with van der Waals surface area (Å²) in [4.78, 5) is 18.0. The van der Waals surface area contributed by atoms with E-state index in [4.69, 9.17) is 21.3 Å². The fourth-order valence-corrected chi connectivity index (χ4v) is 3.63. The van der Waals surface area contributed by atoms with Crippen molar-refractivity contribution in [2.24, 2.45) is 0 Å². The average Bonchev–Trinajstić information content (AvgIpc) is 2.80. The molecule has 1 aromatic heterocycles. The number of nitrogens with zero attached hydrogens (tertiary/aromatic N) is 1. The number of carbonyl (C=O) groups is 1. The van der Waals surface area contributed by atoms with Gasteiger partial charge in [-0.3, -0.25) is 0 Å². The van der Waals surface area contributed by atoms with E-state index >= 15 is 0 Å². The molecular weight excluding hydrogens is 394 g/mol. The summed E-state index contributed by atoms with van der Waals surface area (Å²) in [6, 6.07) is 29.0. The average molecular weight is 414 g/mol. The van der Waals surface area contributed by atoms with Gasteiger partial charge in [0.15, 0.2) is 0 Å². The molecule has 0 amide bonds. The van der Waals surface area contributed by atoms with Crippen molar-refractivity contribution in [1.29, 1.82) is 0 Å². The van der Waals surface area contributed by atoms with E-state index in [1.807, 2.05) is 84.9 Å². The van der Waals surface area contributed by atoms with Crippen LogP contribution in [-0.4, -0.2) is 17.6 Å².